The van der Waals surface area contributed by atoms with Gasteiger partial charge in [-0.05, 0) is 37.6 Å². The number of hydrogen-bond acceptors (Lipinski definition) is 6. The molecule has 0 amide bonds. The molecule has 0 spiro atoms. The maximum absolute atomic E-state index is 9.02. The van der Waals surface area contributed by atoms with Crippen molar-refractivity contribution in [1.82, 2.24) is 4.90 Å². The number of anilines is 1. The Morgan fingerprint density at radius 1 is 1.07 bits per heavy atom. The van der Waals surface area contributed by atoms with E-state index in [-0.39, 0.29) is 6.61 Å². The monoisotopic (exact) mass is 386 g/mol. The minimum Gasteiger partial charge on any atom is -0.493 e. The fourth-order valence-corrected chi connectivity index (χ4v) is 3.65. The molecule has 1 aliphatic heterocycles. The van der Waals surface area contributed by atoms with E-state index in [2.05, 4.69) is 16.3 Å². The number of piperidine rings is 1. The second-order valence-electron chi connectivity index (χ2n) is 6.97. The van der Waals surface area contributed by atoms with Crippen LogP contribution >= 0.6 is 0 Å². The Hall–Kier alpha value is -2.44. The molecule has 1 atom stereocenters. The minimum atomic E-state index is 0.0232. The lowest BCUT2D eigenvalue weighted by atomic mass is 10.0. The first-order valence-corrected chi connectivity index (χ1v) is 9.76. The number of rotatable bonds is 9. The summed E-state index contributed by atoms with van der Waals surface area (Å²) in [5, 5.41) is 12.7. The van der Waals surface area contributed by atoms with Gasteiger partial charge in [0, 0.05) is 36.4 Å². The first kappa shape index (κ1) is 20.3. The smallest absolute Gasteiger partial charge is 0.162 e. The topological polar surface area (TPSA) is 63.2 Å². The van der Waals surface area contributed by atoms with Gasteiger partial charge in [0.05, 0.1) is 20.8 Å². The number of ether oxygens (including phenoxy) is 3. The van der Waals surface area contributed by atoms with Crippen molar-refractivity contribution in [2.75, 3.05) is 45.8 Å². The van der Waals surface area contributed by atoms with E-state index in [9.17, 15) is 0 Å². The summed E-state index contributed by atoms with van der Waals surface area (Å²) in [7, 11) is 3.30. The van der Waals surface area contributed by atoms with Crippen LogP contribution in [0.4, 0.5) is 5.69 Å². The van der Waals surface area contributed by atoms with E-state index in [0.29, 0.717) is 12.6 Å². The lowest BCUT2D eigenvalue weighted by molar-refractivity contribution is 0.189. The van der Waals surface area contributed by atoms with Gasteiger partial charge in [0.1, 0.15) is 12.4 Å². The molecule has 1 fully saturated rings. The van der Waals surface area contributed by atoms with Crippen molar-refractivity contribution >= 4 is 5.69 Å². The van der Waals surface area contributed by atoms with Gasteiger partial charge < -0.3 is 24.6 Å². The third kappa shape index (κ3) is 5.30. The van der Waals surface area contributed by atoms with Crippen molar-refractivity contribution < 1.29 is 19.3 Å². The van der Waals surface area contributed by atoms with Crippen LogP contribution in [0.25, 0.3) is 0 Å². The molecular formula is C22H30N2O4. The number of nitrogens with one attached hydrogen (secondary N) is 1. The molecule has 0 radical (unpaired) electrons. The van der Waals surface area contributed by atoms with Crippen LogP contribution in [0, 0.1) is 0 Å². The molecule has 2 N–H and O–H groups in total. The van der Waals surface area contributed by atoms with E-state index in [1.807, 2.05) is 36.4 Å². The predicted molar refractivity (Wildman–Crippen MR) is 110 cm³/mol. The maximum atomic E-state index is 9.02. The fourth-order valence-electron chi connectivity index (χ4n) is 3.65. The third-order valence-electron chi connectivity index (χ3n) is 4.98. The van der Waals surface area contributed by atoms with Gasteiger partial charge >= 0.3 is 0 Å². The second-order valence-corrected chi connectivity index (χ2v) is 6.97. The molecular weight excluding hydrogens is 356 g/mol. The number of methoxy groups -OCH3 is 2. The molecule has 0 saturated carbocycles. The van der Waals surface area contributed by atoms with E-state index < -0.39 is 0 Å². The van der Waals surface area contributed by atoms with Crippen molar-refractivity contribution in [3.05, 3.63) is 48.0 Å². The number of likely N-dealkylation sites (tertiary alicyclic amines) is 1. The van der Waals surface area contributed by atoms with Crippen LogP contribution in [-0.4, -0.2) is 56.6 Å². The van der Waals surface area contributed by atoms with E-state index in [1.54, 1.807) is 14.2 Å². The standard InChI is InChI=1S/C22H30N2O4/c1-26-21-10-9-18(14-22(21)27-2)23-19-7-5-11-24(16-19)15-17-6-3-4-8-20(17)28-13-12-25/h3-4,6,8-10,14,19,23,25H,5,7,11-13,15-16H2,1-2H3/t19-/m1/s1. The van der Waals surface area contributed by atoms with Crippen LogP contribution in [0.2, 0.25) is 0 Å². The van der Waals surface area contributed by atoms with Crippen molar-refractivity contribution in [3.8, 4) is 17.2 Å². The fraction of sp³-hybridized carbons (Fsp3) is 0.455. The minimum absolute atomic E-state index is 0.0232. The molecule has 1 heterocycles. The molecule has 6 nitrogen and oxygen atoms in total. The zero-order valence-electron chi connectivity index (χ0n) is 16.7. The Kier molecular flexibility index (Phi) is 7.39. The number of aliphatic hydroxyl groups is 1. The summed E-state index contributed by atoms with van der Waals surface area (Å²) in [4.78, 5) is 2.45. The first-order valence-electron chi connectivity index (χ1n) is 9.76. The van der Waals surface area contributed by atoms with Gasteiger partial charge in [0.2, 0.25) is 0 Å². The molecule has 0 unspecified atom stereocenters. The number of benzene rings is 2. The number of hydrogen-bond donors (Lipinski definition) is 2. The van der Waals surface area contributed by atoms with Crippen LogP contribution in [0.15, 0.2) is 42.5 Å². The summed E-state index contributed by atoms with van der Waals surface area (Å²) in [5.41, 5.74) is 2.19. The summed E-state index contributed by atoms with van der Waals surface area (Å²) in [6, 6.07) is 14.4. The molecule has 28 heavy (non-hydrogen) atoms. The van der Waals surface area contributed by atoms with Crippen molar-refractivity contribution in [1.29, 1.82) is 0 Å². The van der Waals surface area contributed by atoms with Gasteiger partial charge in [-0.25, -0.2) is 0 Å². The van der Waals surface area contributed by atoms with Crippen LogP contribution in [0.5, 0.6) is 17.2 Å². The van der Waals surface area contributed by atoms with Gasteiger partial charge in [0.15, 0.2) is 11.5 Å². The molecule has 0 bridgehead atoms. The second kappa shape index (κ2) is 10.2. The molecule has 152 valence electrons. The highest BCUT2D eigenvalue weighted by atomic mass is 16.5. The number of aliphatic hydroxyl groups excluding tert-OH is 1. The largest absolute Gasteiger partial charge is 0.493 e. The zero-order chi connectivity index (χ0) is 19.8. The molecule has 0 aromatic heterocycles. The molecule has 1 saturated heterocycles. The highest BCUT2D eigenvalue weighted by Crippen LogP contribution is 2.31. The Balaban J connectivity index is 1.62. The van der Waals surface area contributed by atoms with E-state index in [1.165, 1.54) is 0 Å². The van der Waals surface area contributed by atoms with Gasteiger partial charge in [-0.15, -0.1) is 0 Å². The Morgan fingerprint density at radius 3 is 2.68 bits per heavy atom. The lowest BCUT2D eigenvalue weighted by Gasteiger charge is -2.34. The summed E-state index contributed by atoms with van der Waals surface area (Å²) in [6.07, 6.45) is 2.28. The molecule has 2 aromatic carbocycles. The Bertz CT molecular complexity index is 753. The van der Waals surface area contributed by atoms with E-state index >= 15 is 0 Å². The predicted octanol–water partition coefficient (Wildman–Crippen LogP) is 3.15. The summed E-state index contributed by atoms with van der Waals surface area (Å²) in [5.74, 6) is 2.32. The highest BCUT2D eigenvalue weighted by Gasteiger charge is 2.21. The quantitative estimate of drug-likeness (QED) is 0.690. The highest BCUT2D eigenvalue weighted by molar-refractivity contribution is 5.55. The normalized spacial score (nSPS) is 17.2. The average molecular weight is 386 g/mol. The zero-order valence-corrected chi connectivity index (χ0v) is 16.7. The Morgan fingerprint density at radius 2 is 1.89 bits per heavy atom. The van der Waals surface area contributed by atoms with Gasteiger partial charge in [-0.1, -0.05) is 18.2 Å². The summed E-state index contributed by atoms with van der Waals surface area (Å²) >= 11 is 0. The molecule has 1 aliphatic rings. The summed E-state index contributed by atoms with van der Waals surface area (Å²) in [6.45, 7) is 3.21. The van der Waals surface area contributed by atoms with Crippen molar-refractivity contribution in [2.45, 2.75) is 25.4 Å². The van der Waals surface area contributed by atoms with Crippen molar-refractivity contribution in [3.63, 3.8) is 0 Å². The van der Waals surface area contributed by atoms with Crippen molar-refractivity contribution in [2.24, 2.45) is 0 Å². The van der Waals surface area contributed by atoms with Crippen LogP contribution < -0.4 is 19.5 Å². The van der Waals surface area contributed by atoms with E-state index in [4.69, 9.17) is 19.3 Å². The van der Waals surface area contributed by atoms with Gasteiger partial charge in [-0.3, -0.25) is 4.90 Å². The van der Waals surface area contributed by atoms with Gasteiger partial charge in [0.25, 0.3) is 0 Å². The maximum Gasteiger partial charge on any atom is 0.162 e. The molecule has 3 rings (SSSR count). The van der Waals surface area contributed by atoms with Crippen LogP contribution in [0.3, 0.4) is 0 Å². The first-order chi connectivity index (χ1) is 13.7. The average Bonchev–Trinajstić information content (AvgIpc) is 2.73. The van der Waals surface area contributed by atoms with Crippen LogP contribution in [-0.2, 0) is 6.54 Å². The van der Waals surface area contributed by atoms with E-state index in [0.717, 1.165) is 61.0 Å². The SMILES string of the molecule is COc1ccc(N[C@@H]2CCCN(Cc3ccccc3OCCO)C2)cc1OC. The molecule has 6 heteroatoms. The third-order valence-corrected chi connectivity index (χ3v) is 4.98. The van der Waals surface area contributed by atoms with Crippen LogP contribution in [0.1, 0.15) is 18.4 Å². The number of nitrogens with zero attached hydrogens (tertiary/aromatic N) is 1. The van der Waals surface area contributed by atoms with Gasteiger partial charge in [-0.2, -0.15) is 0 Å². The number of para-hydroxylation sites is 1. The lowest BCUT2D eigenvalue weighted by Crippen LogP contribution is -2.41. The summed E-state index contributed by atoms with van der Waals surface area (Å²) < 4.78 is 16.4. The molecule has 0 aliphatic carbocycles. The molecule has 2 aromatic rings. The Labute approximate surface area is 167 Å².